The molecule has 0 radical (unpaired) electrons. The van der Waals surface area contributed by atoms with Gasteiger partial charge in [-0.15, -0.1) is 0 Å². The Bertz CT molecular complexity index is 815. The third kappa shape index (κ3) is 1.71. The van der Waals surface area contributed by atoms with E-state index in [4.69, 9.17) is 0 Å². The quantitative estimate of drug-likeness (QED) is 0.489. The van der Waals surface area contributed by atoms with E-state index in [9.17, 15) is 4.57 Å². The maximum atomic E-state index is 14.1. The molecule has 0 N–H and O–H groups in total. The summed E-state index contributed by atoms with van der Waals surface area (Å²) in [7, 11) is -4.36. The molecule has 0 spiro atoms. The van der Waals surface area contributed by atoms with E-state index in [1.807, 2.05) is 30.3 Å². The zero-order chi connectivity index (χ0) is 14.7. The average molecular weight is 346 g/mol. The van der Waals surface area contributed by atoms with Gasteiger partial charge in [0.25, 0.3) is 0 Å². The zero-order valence-electron chi connectivity index (χ0n) is 11.9. The Balaban J connectivity index is 2.12. The third-order valence-electron chi connectivity index (χ3n) is 4.22. The van der Waals surface area contributed by atoms with Gasteiger partial charge in [-0.2, -0.15) is 22.7 Å². The van der Waals surface area contributed by atoms with E-state index in [0.717, 1.165) is 15.9 Å². The second-order valence-electron chi connectivity index (χ2n) is 5.84. The topological polar surface area (TPSA) is 17.1 Å². The van der Waals surface area contributed by atoms with Crippen LogP contribution in [0, 0.1) is 0 Å². The molecular formula is C16H15OPS2Si. The van der Waals surface area contributed by atoms with Gasteiger partial charge in [-0.25, -0.2) is 0 Å². The van der Waals surface area contributed by atoms with Crippen molar-refractivity contribution in [2.24, 2.45) is 0 Å². The molecule has 1 aromatic carbocycles. The van der Waals surface area contributed by atoms with Gasteiger partial charge >= 0.3 is 0 Å². The van der Waals surface area contributed by atoms with Gasteiger partial charge in [-0.3, -0.25) is 0 Å². The first-order valence-corrected chi connectivity index (χ1v) is 13.4. The number of hydrogen-bond acceptors (Lipinski definition) is 3. The van der Waals surface area contributed by atoms with Crippen molar-refractivity contribution in [1.82, 2.24) is 0 Å². The van der Waals surface area contributed by atoms with Crippen molar-refractivity contribution in [1.29, 1.82) is 0 Å². The van der Waals surface area contributed by atoms with Crippen molar-refractivity contribution in [2.75, 3.05) is 0 Å². The van der Waals surface area contributed by atoms with Crippen LogP contribution in [0.1, 0.15) is 0 Å². The lowest BCUT2D eigenvalue weighted by atomic mass is 10.4. The molecule has 5 heteroatoms. The van der Waals surface area contributed by atoms with Crippen molar-refractivity contribution in [3.63, 3.8) is 0 Å². The number of benzene rings is 1. The molecule has 0 bridgehead atoms. The first-order valence-electron chi connectivity index (χ1n) is 6.89. The van der Waals surface area contributed by atoms with E-state index in [-0.39, 0.29) is 0 Å². The van der Waals surface area contributed by atoms with Gasteiger partial charge in [0.2, 0.25) is 0 Å². The molecule has 0 atom stereocenters. The Morgan fingerprint density at radius 1 is 0.857 bits per heavy atom. The molecule has 0 amide bonds. The largest absolute Gasteiger partial charge is 0.309 e. The molecule has 4 rings (SSSR count). The van der Waals surface area contributed by atoms with E-state index in [0.29, 0.717) is 0 Å². The second kappa shape index (κ2) is 4.53. The Morgan fingerprint density at radius 2 is 1.38 bits per heavy atom. The maximum Gasteiger partial charge on any atom is 0.172 e. The summed E-state index contributed by atoms with van der Waals surface area (Å²) in [5.41, 5.74) is 0. The van der Waals surface area contributed by atoms with Crippen molar-refractivity contribution < 1.29 is 4.57 Å². The Hall–Kier alpha value is -0.933. The van der Waals surface area contributed by atoms with Crippen LogP contribution < -0.4 is 24.9 Å². The van der Waals surface area contributed by atoms with Crippen molar-refractivity contribution in [3.05, 3.63) is 53.2 Å². The molecule has 2 aromatic heterocycles. The van der Waals surface area contributed by atoms with E-state index < -0.39 is 15.2 Å². The molecule has 3 heterocycles. The highest BCUT2D eigenvalue weighted by Crippen LogP contribution is 2.45. The minimum absolute atomic E-state index is 0.966. The number of rotatable bonds is 1. The van der Waals surface area contributed by atoms with Gasteiger partial charge < -0.3 is 4.57 Å². The summed E-state index contributed by atoms with van der Waals surface area (Å²) in [5, 5.41) is 7.40. The summed E-state index contributed by atoms with van der Waals surface area (Å²) < 4.78 is 16.9. The molecule has 0 aliphatic carbocycles. The van der Waals surface area contributed by atoms with Crippen LogP contribution in [-0.2, 0) is 4.57 Å². The van der Waals surface area contributed by atoms with Crippen molar-refractivity contribution in [2.45, 2.75) is 13.1 Å². The monoisotopic (exact) mass is 346 g/mol. The molecule has 0 fully saturated rings. The summed E-state index contributed by atoms with van der Waals surface area (Å²) in [6.45, 7) is 4.76. The molecule has 1 aliphatic heterocycles. The van der Waals surface area contributed by atoms with Crippen LogP contribution in [0.25, 0.3) is 0 Å². The molecule has 1 aliphatic rings. The Labute approximate surface area is 133 Å². The van der Waals surface area contributed by atoms with E-state index in [1.165, 1.54) is 9.00 Å². The van der Waals surface area contributed by atoms with Crippen LogP contribution in [0.4, 0.5) is 0 Å². The first-order chi connectivity index (χ1) is 10.1. The highest BCUT2D eigenvalue weighted by atomic mass is 32.1. The van der Waals surface area contributed by atoms with E-state index in [2.05, 4.69) is 36.0 Å². The lowest BCUT2D eigenvalue weighted by Crippen LogP contribution is -2.64. The fourth-order valence-electron chi connectivity index (χ4n) is 3.19. The molecule has 0 unspecified atom stereocenters. The van der Waals surface area contributed by atoms with Crippen LogP contribution in [0.5, 0.6) is 0 Å². The fourth-order valence-corrected chi connectivity index (χ4v) is 15.9. The van der Waals surface area contributed by atoms with Crippen LogP contribution in [0.15, 0.2) is 53.2 Å². The fraction of sp³-hybridized carbons (Fsp3) is 0.125. The summed E-state index contributed by atoms with van der Waals surface area (Å²) in [6, 6.07) is 14.2. The van der Waals surface area contributed by atoms with Crippen molar-refractivity contribution >= 4 is 62.8 Å². The molecule has 1 nitrogen and oxygen atoms in total. The zero-order valence-corrected chi connectivity index (χ0v) is 15.4. The maximum absolute atomic E-state index is 14.1. The minimum Gasteiger partial charge on any atom is -0.309 e. The predicted octanol–water partition coefficient (Wildman–Crippen LogP) is 2.59. The smallest absolute Gasteiger partial charge is 0.172 e. The SMILES string of the molecule is C[Si]1(C)c2sccc2P(=O)(c2ccccc2)c2ccsc21. The van der Waals surface area contributed by atoms with Gasteiger partial charge in [-0.1, -0.05) is 43.4 Å². The summed E-state index contributed by atoms with van der Waals surface area (Å²) in [4.78, 5) is 0. The minimum atomic E-state index is -2.67. The van der Waals surface area contributed by atoms with Gasteiger partial charge in [0.05, 0.1) is 0 Å². The van der Waals surface area contributed by atoms with Crippen LogP contribution in [0.2, 0.25) is 13.1 Å². The van der Waals surface area contributed by atoms with Gasteiger partial charge in [0.1, 0.15) is 8.07 Å². The predicted molar refractivity (Wildman–Crippen MR) is 98.3 cm³/mol. The van der Waals surface area contributed by atoms with Crippen molar-refractivity contribution in [3.8, 4) is 0 Å². The Morgan fingerprint density at radius 3 is 1.90 bits per heavy atom. The third-order valence-corrected chi connectivity index (χ3v) is 16.1. The average Bonchev–Trinajstić information content (AvgIpc) is 3.16. The standard InChI is InChI=1S/C16H15OPS2Si/c1-21(2)15-13(8-10-19-15)18(17,12-6-4-3-5-7-12)14-9-11-20-16(14)21/h3-11H,1-2H3. The van der Waals surface area contributed by atoms with E-state index >= 15 is 0 Å². The number of hydrogen-bond donors (Lipinski definition) is 0. The lowest BCUT2D eigenvalue weighted by Gasteiger charge is -2.33. The van der Waals surface area contributed by atoms with Gasteiger partial charge in [0, 0.05) is 24.9 Å². The molecule has 106 valence electrons. The number of fused-ring (bicyclic) bond motifs is 2. The summed E-state index contributed by atoms with van der Waals surface area (Å²) >= 11 is 3.58. The summed E-state index contributed by atoms with van der Waals surface area (Å²) in [6.07, 6.45) is 0. The van der Waals surface area contributed by atoms with Gasteiger partial charge in [0.15, 0.2) is 7.14 Å². The first kappa shape index (κ1) is 13.7. The Kier molecular flexibility index (Phi) is 2.96. The highest BCUT2D eigenvalue weighted by Gasteiger charge is 2.47. The van der Waals surface area contributed by atoms with Crippen LogP contribution in [-0.4, -0.2) is 8.07 Å². The molecule has 0 saturated carbocycles. The normalized spacial score (nSPS) is 18.0. The van der Waals surface area contributed by atoms with Crippen LogP contribution in [0.3, 0.4) is 0 Å². The number of thiophene rings is 2. The molecular weight excluding hydrogens is 331 g/mol. The highest BCUT2D eigenvalue weighted by molar-refractivity contribution is 7.88. The van der Waals surface area contributed by atoms with E-state index in [1.54, 1.807) is 22.7 Å². The second-order valence-corrected chi connectivity index (χ2v) is 15.3. The molecule has 3 aromatic rings. The molecule has 0 saturated heterocycles. The van der Waals surface area contributed by atoms with Crippen LogP contribution >= 0.6 is 29.8 Å². The lowest BCUT2D eigenvalue weighted by molar-refractivity contribution is 0.592. The molecule has 21 heavy (non-hydrogen) atoms. The summed E-state index contributed by atoms with van der Waals surface area (Å²) in [5.74, 6) is 0. The van der Waals surface area contributed by atoms with Gasteiger partial charge in [-0.05, 0) is 22.9 Å².